The van der Waals surface area contributed by atoms with Gasteiger partial charge in [-0.25, -0.2) is 0 Å². The number of hydrogen-bond donors (Lipinski definition) is 1. The summed E-state index contributed by atoms with van der Waals surface area (Å²) in [5.41, 5.74) is 3.70. The van der Waals surface area contributed by atoms with Crippen molar-refractivity contribution in [1.82, 2.24) is 9.80 Å². The molecule has 0 unspecified atom stereocenters. The number of nitrogens with zero attached hydrogens (tertiary/aromatic N) is 2. The molecule has 110 valence electrons. The van der Waals surface area contributed by atoms with Crippen molar-refractivity contribution < 1.29 is 0 Å². The third-order valence-electron chi connectivity index (χ3n) is 3.96. The van der Waals surface area contributed by atoms with Crippen molar-refractivity contribution in [2.75, 3.05) is 38.0 Å². The van der Waals surface area contributed by atoms with Gasteiger partial charge in [0.15, 0.2) is 5.11 Å². The van der Waals surface area contributed by atoms with E-state index in [0.717, 1.165) is 37.0 Å². The van der Waals surface area contributed by atoms with E-state index in [-0.39, 0.29) is 0 Å². The van der Waals surface area contributed by atoms with Crippen molar-refractivity contribution in [3.63, 3.8) is 0 Å². The maximum absolute atomic E-state index is 5.53. The average Bonchev–Trinajstić information content (AvgIpc) is 2.44. The summed E-state index contributed by atoms with van der Waals surface area (Å²) in [5, 5.41) is 4.22. The molecule has 3 nitrogen and oxygen atoms in total. The Balaban J connectivity index is 1.88. The van der Waals surface area contributed by atoms with Crippen LogP contribution in [-0.4, -0.2) is 47.6 Å². The lowest BCUT2D eigenvalue weighted by Crippen LogP contribution is -2.49. The van der Waals surface area contributed by atoms with Crippen LogP contribution in [0.3, 0.4) is 0 Å². The predicted octanol–water partition coefficient (Wildman–Crippen LogP) is 3.03. The van der Waals surface area contributed by atoms with Crippen molar-refractivity contribution in [3.05, 3.63) is 29.3 Å². The maximum Gasteiger partial charge on any atom is 0.173 e. The monoisotopic (exact) mass is 291 g/mol. The zero-order chi connectivity index (χ0) is 14.5. The van der Waals surface area contributed by atoms with Crippen LogP contribution in [0, 0.1) is 13.8 Å². The Morgan fingerprint density at radius 3 is 2.45 bits per heavy atom. The lowest BCUT2D eigenvalue weighted by Gasteiger charge is -2.36. The fraction of sp³-hybridized carbons (Fsp3) is 0.562. The van der Waals surface area contributed by atoms with Gasteiger partial charge in [0, 0.05) is 31.9 Å². The molecule has 2 rings (SSSR count). The number of piperazine rings is 1. The van der Waals surface area contributed by atoms with Crippen molar-refractivity contribution >= 4 is 23.0 Å². The van der Waals surface area contributed by atoms with Gasteiger partial charge in [0.25, 0.3) is 0 Å². The molecule has 0 aliphatic carbocycles. The molecule has 0 atom stereocenters. The quantitative estimate of drug-likeness (QED) is 0.863. The number of benzene rings is 1. The second-order valence-corrected chi connectivity index (χ2v) is 5.94. The molecule has 1 aliphatic rings. The SMILES string of the molecule is CCCN1CCN(C(=S)Nc2ccc(C)c(C)c2)CC1. The lowest BCUT2D eigenvalue weighted by atomic mass is 10.1. The minimum atomic E-state index is 0.851. The van der Waals surface area contributed by atoms with Crippen LogP contribution in [0.4, 0.5) is 5.69 Å². The molecule has 0 amide bonds. The summed E-state index contributed by atoms with van der Waals surface area (Å²) in [4.78, 5) is 4.78. The number of hydrogen-bond acceptors (Lipinski definition) is 2. The maximum atomic E-state index is 5.53. The van der Waals surface area contributed by atoms with E-state index in [1.165, 1.54) is 24.1 Å². The van der Waals surface area contributed by atoms with Crippen LogP contribution in [0.15, 0.2) is 18.2 Å². The van der Waals surface area contributed by atoms with Crippen LogP contribution >= 0.6 is 12.2 Å². The van der Waals surface area contributed by atoms with E-state index in [4.69, 9.17) is 12.2 Å². The van der Waals surface area contributed by atoms with E-state index < -0.39 is 0 Å². The topological polar surface area (TPSA) is 18.5 Å². The average molecular weight is 291 g/mol. The van der Waals surface area contributed by atoms with Gasteiger partial charge in [-0.3, -0.25) is 4.90 Å². The fourth-order valence-electron chi connectivity index (χ4n) is 2.51. The molecule has 0 saturated carbocycles. The molecule has 1 heterocycles. The van der Waals surface area contributed by atoms with E-state index in [9.17, 15) is 0 Å². The molecule has 1 saturated heterocycles. The summed E-state index contributed by atoms with van der Waals surface area (Å²) in [5.74, 6) is 0. The van der Waals surface area contributed by atoms with Gasteiger partial charge in [-0.1, -0.05) is 13.0 Å². The minimum absolute atomic E-state index is 0.851. The Bertz CT molecular complexity index is 465. The first-order valence-corrected chi connectivity index (χ1v) is 7.86. The molecule has 0 aromatic heterocycles. The lowest BCUT2D eigenvalue weighted by molar-refractivity contribution is 0.184. The van der Waals surface area contributed by atoms with Crippen molar-refractivity contribution in [2.24, 2.45) is 0 Å². The predicted molar refractivity (Wildman–Crippen MR) is 90.4 cm³/mol. The molecule has 0 spiro atoms. The smallest absolute Gasteiger partial charge is 0.173 e. The van der Waals surface area contributed by atoms with Gasteiger partial charge in [0.1, 0.15) is 0 Å². The highest BCUT2D eigenvalue weighted by Gasteiger charge is 2.18. The summed E-state index contributed by atoms with van der Waals surface area (Å²) in [7, 11) is 0. The first-order chi connectivity index (χ1) is 9.60. The standard InChI is InChI=1S/C16H25N3S/c1-4-7-18-8-10-19(11-9-18)16(20)17-15-6-5-13(2)14(3)12-15/h5-6,12H,4,7-11H2,1-3H3,(H,17,20). The summed E-state index contributed by atoms with van der Waals surface area (Å²) >= 11 is 5.53. The number of nitrogens with one attached hydrogen (secondary N) is 1. The molecule has 1 fully saturated rings. The summed E-state index contributed by atoms with van der Waals surface area (Å²) in [6.45, 7) is 12.0. The van der Waals surface area contributed by atoms with Crippen LogP contribution < -0.4 is 5.32 Å². The first-order valence-electron chi connectivity index (χ1n) is 7.45. The van der Waals surface area contributed by atoms with E-state index in [0.29, 0.717) is 0 Å². The molecule has 1 aromatic carbocycles. The summed E-state index contributed by atoms with van der Waals surface area (Å²) < 4.78 is 0. The van der Waals surface area contributed by atoms with Crippen LogP contribution in [-0.2, 0) is 0 Å². The van der Waals surface area contributed by atoms with E-state index >= 15 is 0 Å². The van der Waals surface area contributed by atoms with E-state index in [1.54, 1.807) is 0 Å². The molecule has 1 aliphatic heterocycles. The molecule has 1 aromatic rings. The molecule has 1 N–H and O–H groups in total. The third kappa shape index (κ3) is 3.93. The largest absolute Gasteiger partial charge is 0.346 e. The molecule has 4 heteroatoms. The fourth-order valence-corrected chi connectivity index (χ4v) is 2.81. The Morgan fingerprint density at radius 2 is 1.85 bits per heavy atom. The Labute approximate surface area is 128 Å². The van der Waals surface area contributed by atoms with Crippen LogP contribution in [0.5, 0.6) is 0 Å². The van der Waals surface area contributed by atoms with Crippen LogP contribution in [0.2, 0.25) is 0 Å². The summed E-state index contributed by atoms with van der Waals surface area (Å²) in [6, 6.07) is 6.40. The van der Waals surface area contributed by atoms with Gasteiger partial charge in [0.05, 0.1) is 0 Å². The zero-order valence-electron chi connectivity index (χ0n) is 12.8. The third-order valence-corrected chi connectivity index (χ3v) is 4.32. The van der Waals surface area contributed by atoms with Crippen molar-refractivity contribution in [3.8, 4) is 0 Å². The Morgan fingerprint density at radius 1 is 1.15 bits per heavy atom. The molecule has 0 bridgehead atoms. The number of rotatable bonds is 3. The molecule has 20 heavy (non-hydrogen) atoms. The highest BCUT2D eigenvalue weighted by atomic mass is 32.1. The number of thiocarbonyl (C=S) groups is 1. The van der Waals surface area contributed by atoms with Gasteiger partial charge >= 0.3 is 0 Å². The van der Waals surface area contributed by atoms with Gasteiger partial charge in [-0.2, -0.15) is 0 Å². The first kappa shape index (κ1) is 15.3. The van der Waals surface area contributed by atoms with Crippen LogP contribution in [0.25, 0.3) is 0 Å². The Hall–Kier alpha value is -1.13. The van der Waals surface area contributed by atoms with Crippen LogP contribution in [0.1, 0.15) is 24.5 Å². The van der Waals surface area contributed by atoms with E-state index in [1.807, 2.05) is 0 Å². The Kier molecular flexibility index (Phi) is 5.38. The summed E-state index contributed by atoms with van der Waals surface area (Å²) in [6.07, 6.45) is 1.23. The van der Waals surface area contributed by atoms with Gasteiger partial charge < -0.3 is 10.2 Å². The van der Waals surface area contributed by atoms with Gasteiger partial charge in [-0.15, -0.1) is 0 Å². The minimum Gasteiger partial charge on any atom is -0.346 e. The second-order valence-electron chi connectivity index (χ2n) is 5.56. The highest BCUT2D eigenvalue weighted by Crippen LogP contribution is 2.15. The normalized spacial score (nSPS) is 16.2. The van der Waals surface area contributed by atoms with Crippen molar-refractivity contribution in [1.29, 1.82) is 0 Å². The van der Waals surface area contributed by atoms with Gasteiger partial charge in [-0.05, 0) is 62.3 Å². The van der Waals surface area contributed by atoms with E-state index in [2.05, 4.69) is 54.1 Å². The molecular formula is C16H25N3S. The molecule has 0 radical (unpaired) electrons. The van der Waals surface area contributed by atoms with Gasteiger partial charge in [0.2, 0.25) is 0 Å². The molecular weight excluding hydrogens is 266 g/mol. The highest BCUT2D eigenvalue weighted by molar-refractivity contribution is 7.80. The number of anilines is 1. The van der Waals surface area contributed by atoms with Crippen molar-refractivity contribution in [2.45, 2.75) is 27.2 Å². The number of aryl methyl sites for hydroxylation is 2. The zero-order valence-corrected chi connectivity index (χ0v) is 13.6. The second kappa shape index (κ2) is 7.04.